The van der Waals surface area contributed by atoms with Gasteiger partial charge in [-0.25, -0.2) is 0 Å². The summed E-state index contributed by atoms with van der Waals surface area (Å²) in [5.74, 6) is 1.05. The van der Waals surface area contributed by atoms with E-state index in [4.69, 9.17) is 4.74 Å². The lowest BCUT2D eigenvalue weighted by molar-refractivity contribution is 0.162. The van der Waals surface area contributed by atoms with Crippen LogP contribution in [0.5, 0.6) is 5.75 Å². The summed E-state index contributed by atoms with van der Waals surface area (Å²) in [6.45, 7) is 5.20. The lowest BCUT2D eigenvalue weighted by Crippen LogP contribution is -2.31. The third-order valence-corrected chi connectivity index (χ3v) is 2.98. The minimum atomic E-state index is 0.422. The molecule has 0 bridgehead atoms. The molecule has 1 atom stereocenters. The Morgan fingerprint density at radius 2 is 2.07 bits per heavy atom. The Bertz CT molecular complexity index is 322. The Hall–Kier alpha value is -1.02. The summed E-state index contributed by atoms with van der Waals surface area (Å²) < 4.78 is 5.64. The van der Waals surface area contributed by atoms with Crippen LogP contribution in [0.2, 0.25) is 0 Å². The van der Waals surface area contributed by atoms with Crippen LogP contribution < -0.4 is 4.74 Å². The molecule has 0 spiro atoms. The number of hydrogen-bond donors (Lipinski definition) is 0. The average Bonchev–Trinajstić information content (AvgIpc) is 2.60. The second-order valence-electron chi connectivity index (χ2n) is 4.12. The van der Waals surface area contributed by atoms with Gasteiger partial charge in [-0.1, -0.05) is 18.2 Å². The quantitative estimate of drug-likeness (QED) is 0.712. The first-order valence-electron chi connectivity index (χ1n) is 5.14. The first-order chi connectivity index (χ1) is 6.70. The van der Waals surface area contributed by atoms with E-state index in [0.717, 1.165) is 12.4 Å². The number of para-hydroxylation sites is 1. The van der Waals surface area contributed by atoms with Crippen LogP contribution in [-0.4, -0.2) is 24.6 Å². The van der Waals surface area contributed by atoms with Crippen LogP contribution in [0.4, 0.5) is 0 Å². The second kappa shape index (κ2) is 3.62. The van der Waals surface area contributed by atoms with E-state index < -0.39 is 0 Å². The molecule has 2 rings (SSSR count). The monoisotopic (exact) mass is 191 g/mol. The third-order valence-electron chi connectivity index (χ3n) is 2.98. The van der Waals surface area contributed by atoms with E-state index in [2.05, 4.69) is 37.9 Å². The van der Waals surface area contributed by atoms with Gasteiger partial charge in [0, 0.05) is 11.6 Å². The van der Waals surface area contributed by atoms with E-state index in [-0.39, 0.29) is 0 Å². The fraction of sp³-hybridized carbons (Fsp3) is 0.500. The summed E-state index contributed by atoms with van der Waals surface area (Å²) in [6.07, 6.45) is 0. The van der Waals surface area contributed by atoms with Gasteiger partial charge in [0.25, 0.3) is 0 Å². The fourth-order valence-corrected chi connectivity index (χ4v) is 1.84. The van der Waals surface area contributed by atoms with Gasteiger partial charge >= 0.3 is 0 Å². The van der Waals surface area contributed by atoms with E-state index in [1.165, 1.54) is 5.56 Å². The van der Waals surface area contributed by atoms with Crippen LogP contribution in [0.3, 0.4) is 0 Å². The van der Waals surface area contributed by atoms with Crippen LogP contribution >= 0.6 is 0 Å². The molecule has 1 unspecified atom stereocenters. The molecule has 14 heavy (non-hydrogen) atoms. The van der Waals surface area contributed by atoms with E-state index >= 15 is 0 Å². The summed E-state index contributed by atoms with van der Waals surface area (Å²) in [7, 11) is 2.15. The van der Waals surface area contributed by atoms with Crippen LogP contribution in [-0.2, 0) is 0 Å². The molecule has 1 heterocycles. The van der Waals surface area contributed by atoms with Gasteiger partial charge in [-0.15, -0.1) is 0 Å². The third kappa shape index (κ3) is 1.50. The summed E-state index contributed by atoms with van der Waals surface area (Å²) in [5.41, 5.74) is 1.32. The number of fused-ring (bicyclic) bond motifs is 1. The molecule has 0 saturated heterocycles. The molecule has 0 N–H and O–H groups in total. The molecule has 0 saturated carbocycles. The molecule has 2 heteroatoms. The van der Waals surface area contributed by atoms with Crippen molar-refractivity contribution in [1.82, 2.24) is 4.90 Å². The maximum Gasteiger partial charge on any atom is 0.124 e. The molecule has 0 radical (unpaired) electrons. The molecule has 76 valence electrons. The SMILES string of the molecule is CC(C)N(C)C1COc2ccccc21. The average molecular weight is 191 g/mol. The van der Waals surface area contributed by atoms with Gasteiger partial charge in [-0.2, -0.15) is 0 Å². The van der Waals surface area contributed by atoms with Crippen molar-refractivity contribution in [2.75, 3.05) is 13.7 Å². The number of nitrogens with zero attached hydrogens (tertiary/aromatic N) is 1. The molecular formula is C12H17NO. The predicted octanol–water partition coefficient (Wildman–Crippen LogP) is 2.46. The van der Waals surface area contributed by atoms with Crippen molar-refractivity contribution < 1.29 is 4.74 Å². The van der Waals surface area contributed by atoms with Gasteiger partial charge in [0.2, 0.25) is 0 Å². The summed E-state index contributed by atoms with van der Waals surface area (Å²) in [5, 5.41) is 0. The molecule has 0 amide bonds. The van der Waals surface area contributed by atoms with Gasteiger partial charge < -0.3 is 4.74 Å². The van der Waals surface area contributed by atoms with Crippen molar-refractivity contribution in [3.8, 4) is 5.75 Å². The van der Waals surface area contributed by atoms with E-state index in [1.54, 1.807) is 0 Å². The van der Waals surface area contributed by atoms with Gasteiger partial charge in [0.15, 0.2) is 0 Å². The first kappa shape index (κ1) is 9.53. The molecule has 1 aliphatic heterocycles. The smallest absolute Gasteiger partial charge is 0.124 e. The van der Waals surface area contributed by atoms with Gasteiger partial charge in [-0.3, -0.25) is 4.90 Å². The molecular weight excluding hydrogens is 174 g/mol. The topological polar surface area (TPSA) is 12.5 Å². The largest absolute Gasteiger partial charge is 0.491 e. The molecule has 0 aromatic heterocycles. The highest BCUT2D eigenvalue weighted by molar-refractivity contribution is 5.39. The summed E-state index contributed by atoms with van der Waals surface area (Å²) >= 11 is 0. The van der Waals surface area contributed by atoms with E-state index in [1.807, 2.05) is 12.1 Å². The predicted molar refractivity (Wildman–Crippen MR) is 57.6 cm³/mol. The Labute approximate surface area is 85.5 Å². The number of rotatable bonds is 2. The lowest BCUT2D eigenvalue weighted by atomic mass is 10.1. The van der Waals surface area contributed by atoms with Crippen LogP contribution in [0.15, 0.2) is 24.3 Å². The zero-order valence-corrected chi connectivity index (χ0v) is 9.03. The van der Waals surface area contributed by atoms with Gasteiger partial charge in [-0.05, 0) is 27.0 Å². The summed E-state index contributed by atoms with van der Waals surface area (Å²) in [6, 6.07) is 9.28. The number of hydrogen-bond acceptors (Lipinski definition) is 2. The normalized spacial score (nSPS) is 19.9. The Balaban J connectivity index is 2.26. The highest BCUT2D eigenvalue weighted by Crippen LogP contribution is 2.35. The number of ether oxygens (including phenoxy) is 1. The molecule has 0 aliphatic carbocycles. The zero-order chi connectivity index (χ0) is 10.1. The Morgan fingerprint density at radius 3 is 2.79 bits per heavy atom. The fourth-order valence-electron chi connectivity index (χ4n) is 1.84. The van der Waals surface area contributed by atoms with Gasteiger partial charge in [0.05, 0.1) is 6.04 Å². The second-order valence-corrected chi connectivity index (χ2v) is 4.12. The van der Waals surface area contributed by atoms with Crippen molar-refractivity contribution in [2.45, 2.75) is 25.9 Å². The molecule has 1 aromatic rings. The van der Waals surface area contributed by atoms with Crippen LogP contribution in [0, 0.1) is 0 Å². The maximum absolute atomic E-state index is 5.64. The van der Waals surface area contributed by atoms with Crippen molar-refractivity contribution in [3.63, 3.8) is 0 Å². The van der Waals surface area contributed by atoms with Crippen molar-refractivity contribution in [3.05, 3.63) is 29.8 Å². The van der Waals surface area contributed by atoms with Crippen LogP contribution in [0.25, 0.3) is 0 Å². The first-order valence-corrected chi connectivity index (χ1v) is 5.14. The standard InChI is InChI=1S/C12H17NO/c1-9(2)13(3)11-8-14-12-7-5-4-6-10(11)12/h4-7,9,11H,8H2,1-3H3. The number of benzene rings is 1. The van der Waals surface area contributed by atoms with E-state index in [9.17, 15) is 0 Å². The number of likely N-dealkylation sites (N-methyl/N-ethyl adjacent to an activating group) is 1. The van der Waals surface area contributed by atoms with E-state index in [0.29, 0.717) is 12.1 Å². The molecule has 0 fully saturated rings. The lowest BCUT2D eigenvalue weighted by Gasteiger charge is -2.27. The molecule has 1 aromatic carbocycles. The van der Waals surface area contributed by atoms with Crippen molar-refractivity contribution in [2.24, 2.45) is 0 Å². The molecule has 2 nitrogen and oxygen atoms in total. The minimum Gasteiger partial charge on any atom is -0.491 e. The summed E-state index contributed by atoms with van der Waals surface area (Å²) in [4.78, 5) is 2.35. The maximum atomic E-state index is 5.64. The van der Waals surface area contributed by atoms with Crippen LogP contribution in [0.1, 0.15) is 25.5 Å². The zero-order valence-electron chi connectivity index (χ0n) is 9.03. The Kier molecular flexibility index (Phi) is 2.46. The molecule has 1 aliphatic rings. The minimum absolute atomic E-state index is 0.422. The van der Waals surface area contributed by atoms with Gasteiger partial charge in [0.1, 0.15) is 12.4 Å². The highest BCUT2D eigenvalue weighted by atomic mass is 16.5. The van der Waals surface area contributed by atoms with Crippen molar-refractivity contribution in [1.29, 1.82) is 0 Å². The Morgan fingerprint density at radius 1 is 1.36 bits per heavy atom. The highest BCUT2D eigenvalue weighted by Gasteiger charge is 2.27. The van der Waals surface area contributed by atoms with Crippen molar-refractivity contribution >= 4 is 0 Å².